The summed E-state index contributed by atoms with van der Waals surface area (Å²) >= 11 is 4.06. The van der Waals surface area contributed by atoms with Crippen LogP contribution in [0, 0.1) is 5.82 Å². The molecule has 0 unspecified atom stereocenters. The Morgan fingerprint density at radius 1 is 1.22 bits per heavy atom. The van der Waals surface area contributed by atoms with Gasteiger partial charge in [-0.1, -0.05) is 12.1 Å². The zero-order valence-electron chi connectivity index (χ0n) is 10.2. The fourth-order valence-corrected chi connectivity index (χ4v) is 2.35. The average molecular weight is 268 g/mol. The molecule has 0 spiro atoms. The summed E-state index contributed by atoms with van der Waals surface area (Å²) in [7, 11) is 0. The molecule has 1 heterocycles. The molecule has 0 radical (unpaired) electrons. The Morgan fingerprint density at radius 2 is 1.89 bits per heavy atom. The number of anilines is 1. The molecule has 1 aliphatic rings. The van der Waals surface area contributed by atoms with E-state index in [1.807, 2.05) is 15.9 Å². The molecule has 0 bridgehead atoms. The van der Waals surface area contributed by atoms with Crippen molar-refractivity contribution in [3.63, 3.8) is 0 Å². The van der Waals surface area contributed by atoms with Gasteiger partial charge in [0, 0.05) is 32.6 Å². The van der Waals surface area contributed by atoms with E-state index in [2.05, 4.69) is 12.6 Å². The Balaban J connectivity index is 1.95. The van der Waals surface area contributed by atoms with Gasteiger partial charge in [-0.2, -0.15) is 12.6 Å². The molecule has 1 aromatic rings. The highest BCUT2D eigenvalue weighted by molar-refractivity contribution is 7.80. The van der Waals surface area contributed by atoms with E-state index < -0.39 is 0 Å². The van der Waals surface area contributed by atoms with Crippen molar-refractivity contribution >= 4 is 24.2 Å². The Labute approximate surface area is 112 Å². The van der Waals surface area contributed by atoms with Crippen LogP contribution >= 0.6 is 12.6 Å². The van der Waals surface area contributed by atoms with Crippen molar-refractivity contribution in [1.29, 1.82) is 0 Å². The van der Waals surface area contributed by atoms with E-state index in [0.717, 1.165) is 0 Å². The Morgan fingerprint density at radius 3 is 2.50 bits per heavy atom. The molecule has 1 amide bonds. The highest BCUT2D eigenvalue weighted by Crippen LogP contribution is 2.20. The topological polar surface area (TPSA) is 23.6 Å². The molecule has 1 fully saturated rings. The maximum atomic E-state index is 13.6. The molecule has 0 atom stereocenters. The van der Waals surface area contributed by atoms with Crippen molar-refractivity contribution in [2.45, 2.75) is 6.42 Å². The number of hydrogen-bond donors (Lipinski definition) is 1. The van der Waals surface area contributed by atoms with Crippen LogP contribution < -0.4 is 4.90 Å². The van der Waals surface area contributed by atoms with Gasteiger partial charge in [0.05, 0.1) is 5.69 Å². The maximum absolute atomic E-state index is 13.6. The van der Waals surface area contributed by atoms with E-state index in [-0.39, 0.29) is 11.7 Å². The lowest BCUT2D eigenvalue weighted by atomic mass is 10.2. The Hall–Kier alpha value is -1.23. The van der Waals surface area contributed by atoms with E-state index in [1.54, 1.807) is 12.1 Å². The van der Waals surface area contributed by atoms with Crippen LogP contribution in [-0.4, -0.2) is 42.7 Å². The monoisotopic (exact) mass is 268 g/mol. The van der Waals surface area contributed by atoms with Crippen molar-refractivity contribution in [2.75, 3.05) is 36.8 Å². The zero-order chi connectivity index (χ0) is 13.0. The van der Waals surface area contributed by atoms with Crippen LogP contribution in [-0.2, 0) is 4.79 Å². The van der Waals surface area contributed by atoms with Gasteiger partial charge < -0.3 is 9.80 Å². The Bertz CT molecular complexity index is 419. The molecule has 1 saturated heterocycles. The van der Waals surface area contributed by atoms with E-state index in [0.29, 0.717) is 44.0 Å². The second-order valence-corrected chi connectivity index (χ2v) is 4.74. The van der Waals surface area contributed by atoms with Gasteiger partial charge in [-0.05, 0) is 17.9 Å². The SMILES string of the molecule is O=C(CCS)N1CCN(c2ccccc2F)CC1. The lowest BCUT2D eigenvalue weighted by Gasteiger charge is -2.36. The standard InChI is InChI=1S/C13H17FN2OS/c14-11-3-1-2-4-12(11)15-6-8-16(9-7-15)13(17)5-10-18/h1-4,18H,5-10H2. The van der Waals surface area contributed by atoms with Crippen LogP contribution in [0.3, 0.4) is 0 Å². The number of carbonyl (C=O) groups is 1. The first-order valence-electron chi connectivity index (χ1n) is 6.10. The molecule has 3 nitrogen and oxygen atoms in total. The van der Waals surface area contributed by atoms with Gasteiger partial charge >= 0.3 is 0 Å². The van der Waals surface area contributed by atoms with Gasteiger partial charge in [-0.25, -0.2) is 4.39 Å². The van der Waals surface area contributed by atoms with E-state index in [4.69, 9.17) is 0 Å². The van der Waals surface area contributed by atoms with Crippen LogP contribution in [0.5, 0.6) is 0 Å². The van der Waals surface area contributed by atoms with Crippen molar-refractivity contribution in [1.82, 2.24) is 4.90 Å². The highest BCUT2D eigenvalue weighted by atomic mass is 32.1. The van der Waals surface area contributed by atoms with Crippen molar-refractivity contribution < 1.29 is 9.18 Å². The molecular formula is C13H17FN2OS. The smallest absolute Gasteiger partial charge is 0.223 e. The molecule has 5 heteroatoms. The minimum atomic E-state index is -0.201. The molecule has 0 aromatic heterocycles. The summed E-state index contributed by atoms with van der Waals surface area (Å²) < 4.78 is 13.6. The summed E-state index contributed by atoms with van der Waals surface area (Å²) in [5, 5.41) is 0. The highest BCUT2D eigenvalue weighted by Gasteiger charge is 2.21. The summed E-state index contributed by atoms with van der Waals surface area (Å²) in [5.74, 6) is 0.512. The summed E-state index contributed by atoms with van der Waals surface area (Å²) in [6, 6.07) is 6.76. The molecule has 0 saturated carbocycles. The van der Waals surface area contributed by atoms with Crippen molar-refractivity contribution in [3.05, 3.63) is 30.1 Å². The largest absolute Gasteiger partial charge is 0.366 e. The number of amides is 1. The third-order valence-electron chi connectivity index (χ3n) is 3.15. The summed E-state index contributed by atoms with van der Waals surface area (Å²) in [4.78, 5) is 15.5. The molecule has 18 heavy (non-hydrogen) atoms. The predicted molar refractivity (Wildman–Crippen MR) is 73.7 cm³/mol. The normalized spacial score (nSPS) is 15.9. The maximum Gasteiger partial charge on any atom is 0.223 e. The van der Waals surface area contributed by atoms with Crippen molar-refractivity contribution in [3.8, 4) is 0 Å². The van der Waals surface area contributed by atoms with Gasteiger partial charge in [0.25, 0.3) is 0 Å². The van der Waals surface area contributed by atoms with Crippen LogP contribution in [0.4, 0.5) is 10.1 Å². The van der Waals surface area contributed by atoms with Crippen LogP contribution in [0.1, 0.15) is 6.42 Å². The fourth-order valence-electron chi connectivity index (χ4n) is 2.16. The number of para-hydroxylation sites is 1. The van der Waals surface area contributed by atoms with E-state index in [1.165, 1.54) is 6.07 Å². The molecule has 1 aromatic carbocycles. The third kappa shape index (κ3) is 2.96. The lowest BCUT2D eigenvalue weighted by molar-refractivity contribution is -0.131. The Kier molecular flexibility index (Phi) is 4.47. The molecular weight excluding hydrogens is 251 g/mol. The zero-order valence-corrected chi connectivity index (χ0v) is 11.1. The molecule has 2 rings (SSSR count). The van der Waals surface area contributed by atoms with E-state index in [9.17, 15) is 9.18 Å². The second kappa shape index (κ2) is 6.09. The van der Waals surface area contributed by atoms with Gasteiger partial charge in [-0.15, -0.1) is 0 Å². The first kappa shape index (κ1) is 13.2. The van der Waals surface area contributed by atoms with Gasteiger partial charge in [0.1, 0.15) is 5.82 Å². The number of benzene rings is 1. The lowest BCUT2D eigenvalue weighted by Crippen LogP contribution is -2.49. The molecule has 0 N–H and O–H groups in total. The first-order valence-corrected chi connectivity index (χ1v) is 6.73. The number of thiol groups is 1. The number of nitrogens with zero attached hydrogens (tertiary/aromatic N) is 2. The van der Waals surface area contributed by atoms with Gasteiger partial charge in [0.2, 0.25) is 5.91 Å². The van der Waals surface area contributed by atoms with Crippen LogP contribution in [0.15, 0.2) is 24.3 Å². The molecule has 1 aliphatic heterocycles. The number of piperazine rings is 1. The number of hydrogen-bond acceptors (Lipinski definition) is 3. The van der Waals surface area contributed by atoms with E-state index >= 15 is 0 Å². The summed E-state index contributed by atoms with van der Waals surface area (Å²) in [5.41, 5.74) is 0.624. The third-order valence-corrected chi connectivity index (χ3v) is 3.37. The second-order valence-electron chi connectivity index (χ2n) is 4.29. The average Bonchev–Trinajstić information content (AvgIpc) is 2.40. The minimum Gasteiger partial charge on any atom is -0.366 e. The summed E-state index contributed by atoms with van der Waals surface area (Å²) in [6.07, 6.45) is 0.475. The quantitative estimate of drug-likeness (QED) is 0.845. The number of halogens is 1. The van der Waals surface area contributed by atoms with Gasteiger partial charge in [0.15, 0.2) is 0 Å². The fraction of sp³-hybridized carbons (Fsp3) is 0.462. The number of carbonyl (C=O) groups excluding carboxylic acids is 1. The van der Waals surface area contributed by atoms with Gasteiger partial charge in [-0.3, -0.25) is 4.79 Å². The molecule has 98 valence electrons. The molecule has 0 aliphatic carbocycles. The first-order chi connectivity index (χ1) is 8.72. The minimum absolute atomic E-state index is 0.137. The van der Waals surface area contributed by atoms with Crippen LogP contribution in [0.25, 0.3) is 0 Å². The number of rotatable bonds is 3. The predicted octanol–water partition coefficient (Wildman–Crippen LogP) is 1.79. The van der Waals surface area contributed by atoms with Crippen LogP contribution in [0.2, 0.25) is 0 Å². The summed E-state index contributed by atoms with van der Waals surface area (Å²) in [6.45, 7) is 2.67. The van der Waals surface area contributed by atoms with Crippen molar-refractivity contribution in [2.24, 2.45) is 0 Å².